The van der Waals surface area contributed by atoms with Crippen LogP contribution >= 0.6 is 11.3 Å². The van der Waals surface area contributed by atoms with E-state index in [4.69, 9.17) is 0 Å². The minimum absolute atomic E-state index is 0.177. The van der Waals surface area contributed by atoms with Crippen molar-refractivity contribution < 1.29 is 9.90 Å². The first-order valence-electron chi connectivity index (χ1n) is 8.59. The van der Waals surface area contributed by atoms with Crippen molar-refractivity contribution in [2.45, 2.75) is 31.9 Å². The van der Waals surface area contributed by atoms with Crippen LogP contribution in [-0.2, 0) is 7.05 Å². The second-order valence-electron chi connectivity index (χ2n) is 6.86. The number of carbonyl (C=O) groups is 1. The number of aryl methyl sites for hydroxylation is 2. The van der Waals surface area contributed by atoms with Crippen molar-refractivity contribution in [3.8, 4) is 10.6 Å². The van der Waals surface area contributed by atoms with Crippen molar-refractivity contribution >= 4 is 17.2 Å². The molecule has 0 aromatic carbocycles. The zero-order valence-electron chi connectivity index (χ0n) is 14.6. The molecule has 0 unspecified atom stereocenters. The predicted molar refractivity (Wildman–Crippen MR) is 98.8 cm³/mol. The molecule has 7 nitrogen and oxygen atoms in total. The molecule has 3 heterocycles. The minimum Gasteiger partial charge on any atom is -0.393 e. The van der Waals surface area contributed by atoms with E-state index in [9.17, 15) is 9.90 Å². The fourth-order valence-corrected chi connectivity index (χ4v) is 4.17. The summed E-state index contributed by atoms with van der Waals surface area (Å²) in [4.78, 5) is 15.0. The maximum atomic E-state index is 12.7. The van der Waals surface area contributed by atoms with E-state index in [1.165, 1.54) is 4.88 Å². The van der Waals surface area contributed by atoms with Gasteiger partial charge in [0.15, 0.2) is 5.69 Å². The van der Waals surface area contributed by atoms with E-state index in [1.807, 2.05) is 32.3 Å². The molecule has 0 bridgehead atoms. The normalized spacial score (nSPS) is 20.6. The quantitative estimate of drug-likeness (QED) is 0.642. The highest BCUT2D eigenvalue weighted by Gasteiger charge is 2.36. The summed E-state index contributed by atoms with van der Waals surface area (Å²) in [6.45, 7) is 2.05. The molecule has 0 saturated heterocycles. The Morgan fingerprint density at radius 3 is 2.88 bits per heavy atom. The molecule has 26 heavy (non-hydrogen) atoms. The lowest BCUT2D eigenvalue weighted by Crippen LogP contribution is -2.41. The number of carbonyl (C=O) groups excluding carboxylic acids is 1. The Bertz CT molecular complexity index is 922. The van der Waals surface area contributed by atoms with E-state index < -0.39 is 0 Å². The number of thiophene rings is 1. The van der Waals surface area contributed by atoms with Gasteiger partial charge in [-0.3, -0.25) is 14.6 Å². The summed E-state index contributed by atoms with van der Waals surface area (Å²) in [7, 11) is 1.85. The summed E-state index contributed by atoms with van der Waals surface area (Å²) in [5.74, 6) is -0.0208. The van der Waals surface area contributed by atoms with Crippen LogP contribution in [0.2, 0.25) is 0 Å². The third-order valence-electron chi connectivity index (χ3n) is 4.81. The van der Waals surface area contributed by atoms with Crippen LogP contribution in [0.4, 0.5) is 0 Å². The Kier molecular flexibility index (Phi) is 4.37. The van der Waals surface area contributed by atoms with Crippen LogP contribution < -0.4 is 5.32 Å². The van der Waals surface area contributed by atoms with Gasteiger partial charge >= 0.3 is 0 Å². The van der Waals surface area contributed by atoms with E-state index in [1.54, 1.807) is 28.3 Å². The molecule has 3 aromatic rings. The molecule has 3 aromatic heterocycles. The molecule has 136 valence electrons. The van der Waals surface area contributed by atoms with E-state index in [2.05, 4.69) is 20.6 Å². The van der Waals surface area contributed by atoms with Gasteiger partial charge in [0.25, 0.3) is 5.91 Å². The number of nitrogens with one attached hydrogen (secondary N) is 2. The van der Waals surface area contributed by atoms with Crippen molar-refractivity contribution in [1.29, 1.82) is 0 Å². The number of hydrogen-bond donors (Lipinski definition) is 3. The third-order valence-corrected chi connectivity index (χ3v) is 5.84. The topological polar surface area (TPSA) is 95.8 Å². The van der Waals surface area contributed by atoms with Crippen molar-refractivity contribution in [3.63, 3.8) is 0 Å². The van der Waals surface area contributed by atoms with E-state index in [-0.39, 0.29) is 24.0 Å². The molecule has 0 radical (unpaired) electrons. The van der Waals surface area contributed by atoms with Gasteiger partial charge in [-0.1, -0.05) is 0 Å². The summed E-state index contributed by atoms with van der Waals surface area (Å²) in [6.07, 6.45) is 4.75. The predicted octanol–water partition coefficient (Wildman–Crippen LogP) is 2.42. The van der Waals surface area contributed by atoms with Gasteiger partial charge in [-0.25, -0.2) is 0 Å². The largest absolute Gasteiger partial charge is 0.393 e. The number of aliphatic hydroxyl groups is 1. The first kappa shape index (κ1) is 17.0. The fourth-order valence-electron chi connectivity index (χ4n) is 3.33. The van der Waals surface area contributed by atoms with Gasteiger partial charge in [-0.2, -0.15) is 10.2 Å². The Morgan fingerprint density at radius 2 is 2.27 bits per heavy atom. The number of H-pyrrole nitrogens is 1. The van der Waals surface area contributed by atoms with E-state index >= 15 is 0 Å². The lowest BCUT2D eigenvalue weighted by Gasteiger charge is -2.37. The zero-order valence-corrected chi connectivity index (χ0v) is 15.5. The summed E-state index contributed by atoms with van der Waals surface area (Å²) < 4.78 is 1.72. The monoisotopic (exact) mass is 371 g/mol. The third kappa shape index (κ3) is 3.30. The molecule has 0 aliphatic heterocycles. The van der Waals surface area contributed by atoms with Crippen molar-refractivity contribution in [2.75, 3.05) is 0 Å². The maximum absolute atomic E-state index is 12.7. The second kappa shape index (κ2) is 6.69. The first-order valence-corrected chi connectivity index (χ1v) is 9.41. The molecule has 8 heteroatoms. The average molecular weight is 371 g/mol. The number of rotatable bonds is 5. The Balaban J connectivity index is 1.52. The molecule has 1 aliphatic rings. The molecule has 1 aliphatic carbocycles. The van der Waals surface area contributed by atoms with Crippen molar-refractivity contribution in [1.82, 2.24) is 25.3 Å². The van der Waals surface area contributed by atoms with Gasteiger partial charge in [0.2, 0.25) is 0 Å². The fraction of sp³-hybridized carbons (Fsp3) is 0.389. The van der Waals surface area contributed by atoms with Crippen LogP contribution in [0, 0.1) is 12.8 Å². The van der Waals surface area contributed by atoms with Crippen molar-refractivity contribution in [2.24, 2.45) is 13.0 Å². The molecule has 0 spiro atoms. The van der Waals surface area contributed by atoms with Crippen LogP contribution in [0.25, 0.3) is 10.6 Å². The van der Waals surface area contributed by atoms with Gasteiger partial charge in [-0.15, -0.1) is 11.3 Å². The molecule has 1 saturated carbocycles. The van der Waals surface area contributed by atoms with Crippen LogP contribution in [-0.4, -0.2) is 37.1 Å². The van der Waals surface area contributed by atoms with Crippen LogP contribution in [0.5, 0.6) is 0 Å². The minimum atomic E-state index is -0.282. The molecule has 3 N–H and O–H groups in total. The zero-order chi connectivity index (χ0) is 18.3. The summed E-state index contributed by atoms with van der Waals surface area (Å²) >= 11 is 1.66. The summed E-state index contributed by atoms with van der Waals surface area (Å²) in [5, 5.41) is 24.0. The van der Waals surface area contributed by atoms with Gasteiger partial charge in [0, 0.05) is 23.7 Å². The number of aromatic nitrogens is 4. The van der Waals surface area contributed by atoms with Gasteiger partial charge in [-0.05, 0) is 43.9 Å². The highest BCUT2D eigenvalue weighted by atomic mass is 32.1. The molecular formula is C18H21N5O2S. The summed E-state index contributed by atoms with van der Waals surface area (Å²) in [5.41, 5.74) is 2.15. The average Bonchev–Trinajstić information content (AvgIpc) is 3.30. The number of nitrogens with zero attached hydrogens (tertiary/aromatic N) is 3. The molecule has 1 atom stereocenters. The van der Waals surface area contributed by atoms with Crippen LogP contribution in [0.15, 0.2) is 30.6 Å². The lowest BCUT2D eigenvalue weighted by molar-refractivity contribution is 0.0234. The molecule has 4 rings (SSSR count). The van der Waals surface area contributed by atoms with E-state index in [0.29, 0.717) is 18.5 Å². The number of amides is 1. The van der Waals surface area contributed by atoms with Gasteiger partial charge in [0.05, 0.1) is 28.9 Å². The Labute approximate surface area is 155 Å². The Hall–Kier alpha value is -2.45. The van der Waals surface area contributed by atoms with Gasteiger partial charge in [0.1, 0.15) is 0 Å². The number of aromatic amines is 1. The van der Waals surface area contributed by atoms with E-state index in [0.717, 1.165) is 16.1 Å². The number of hydrogen-bond acceptors (Lipinski definition) is 5. The number of aliphatic hydroxyl groups excluding tert-OH is 1. The highest BCUT2D eigenvalue weighted by molar-refractivity contribution is 7.15. The second-order valence-corrected chi connectivity index (χ2v) is 8.15. The molecule has 1 fully saturated rings. The van der Waals surface area contributed by atoms with Crippen LogP contribution in [0.3, 0.4) is 0 Å². The maximum Gasteiger partial charge on any atom is 0.272 e. The SMILES string of the molecule is Cc1ccc(-c2cc(C(=O)N[C@@H](c3cnn(C)c3)C3CC(O)C3)n[nH]2)s1. The molecular weight excluding hydrogens is 350 g/mol. The highest BCUT2D eigenvalue weighted by Crippen LogP contribution is 2.38. The lowest BCUT2D eigenvalue weighted by atomic mass is 9.75. The smallest absolute Gasteiger partial charge is 0.272 e. The molecule has 1 amide bonds. The summed E-state index contributed by atoms with van der Waals surface area (Å²) in [6, 6.07) is 5.66. The first-order chi connectivity index (χ1) is 12.5. The van der Waals surface area contributed by atoms with Crippen LogP contribution in [0.1, 0.15) is 39.8 Å². The van der Waals surface area contributed by atoms with Crippen molar-refractivity contribution in [3.05, 3.63) is 46.7 Å². The Morgan fingerprint density at radius 1 is 1.46 bits per heavy atom. The van der Waals surface area contributed by atoms with Gasteiger partial charge < -0.3 is 10.4 Å². The standard InChI is InChI=1S/C18H21N5O2S/c1-10-3-4-16(26-10)14-7-15(22-21-14)18(25)20-17(11-5-13(24)6-11)12-8-19-23(2)9-12/h3-4,7-9,11,13,17,24H,5-6H2,1-2H3,(H,20,25)(H,21,22)/t11?,13?,17-/m1/s1.